The van der Waals surface area contributed by atoms with Crippen molar-refractivity contribution in [3.05, 3.63) is 107 Å². The van der Waals surface area contributed by atoms with Gasteiger partial charge in [0.05, 0.1) is 11.3 Å². The molecule has 0 spiro atoms. The molecule has 3 heterocycles. The zero-order valence-corrected chi connectivity index (χ0v) is 23.8. The van der Waals surface area contributed by atoms with Crippen molar-refractivity contribution >= 4 is 51.4 Å². The van der Waals surface area contributed by atoms with Gasteiger partial charge < -0.3 is 20.9 Å². The lowest BCUT2D eigenvalue weighted by molar-refractivity contribution is -0.123. The number of aliphatic imine (C=N–C) groups is 1. The maximum absolute atomic E-state index is 14.8. The number of hydrogen-bond acceptors (Lipinski definition) is 7. The third-order valence-corrected chi connectivity index (χ3v) is 7.66. The highest BCUT2D eigenvalue weighted by molar-refractivity contribution is 6.69. The topological polar surface area (TPSA) is 112 Å². The van der Waals surface area contributed by atoms with Crippen LogP contribution in [0.15, 0.2) is 77.6 Å². The van der Waals surface area contributed by atoms with Gasteiger partial charge in [-0.15, -0.1) is 0 Å². The van der Waals surface area contributed by atoms with Gasteiger partial charge in [-0.3, -0.25) is 9.59 Å². The summed E-state index contributed by atoms with van der Waals surface area (Å²) in [6.07, 6.45) is 6.98. The number of carbonyl (C=O) groups excluding carboxylic acids is 2. The summed E-state index contributed by atoms with van der Waals surface area (Å²) in [6.45, 7) is 1.30. The smallest absolute Gasteiger partial charge is 0.253 e. The second kappa shape index (κ2) is 11.9. The molecule has 0 saturated carbocycles. The van der Waals surface area contributed by atoms with Crippen LogP contribution in [0.4, 0.5) is 20.4 Å². The molecule has 218 valence electrons. The largest absolute Gasteiger partial charge is 0.358 e. The number of nitrogens with zero attached hydrogens (tertiary/aromatic N) is 4. The van der Waals surface area contributed by atoms with E-state index in [1.165, 1.54) is 30.5 Å². The predicted octanol–water partition coefficient (Wildman–Crippen LogP) is 4.22. The maximum Gasteiger partial charge on any atom is 0.253 e. The summed E-state index contributed by atoms with van der Waals surface area (Å²) in [6, 6.07) is 10.1. The first-order chi connectivity index (χ1) is 20.8. The van der Waals surface area contributed by atoms with Crippen LogP contribution in [0.25, 0.3) is 11.1 Å². The van der Waals surface area contributed by atoms with E-state index in [9.17, 15) is 18.4 Å². The molecule has 0 bridgehead atoms. The van der Waals surface area contributed by atoms with Crippen LogP contribution >= 0.6 is 11.6 Å². The van der Waals surface area contributed by atoms with E-state index in [1.807, 2.05) is 6.08 Å². The van der Waals surface area contributed by atoms with Gasteiger partial charge >= 0.3 is 0 Å². The van der Waals surface area contributed by atoms with Crippen molar-refractivity contribution in [3.63, 3.8) is 0 Å². The number of anilines is 2. The van der Waals surface area contributed by atoms with E-state index in [2.05, 4.69) is 25.9 Å². The fraction of sp³-hybridized carbons (Fsp3) is 0.194. The van der Waals surface area contributed by atoms with Crippen LogP contribution in [0.3, 0.4) is 0 Å². The van der Waals surface area contributed by atoms with Gasteiger partial charge in [-0.1, -0.05) is 23.7 Å². The lowest BCUT2D eigenvalue weighted by Crippen LogP contribution is -2.57. The fourth-order valence-electron chi connectivity index (χ4n) is 5.30. The van der Waals surface area contributed by atoms with Crippen molar-refractivity contribution in [1.82, 2.24) is 25.5 Å². The van der Waals surface area contributed by atoms with E-state index >= 15 is 0 Å². The van der Waals surface area contributed by atoms with Crippen LogP contribution < -0.4 is 16.0 Å². The summed E-state index contributed by atoms with van der Waals surface area (Å²) >= 11 is 6.28. The number of halogens is 3. The number of piperazine rings is 1. The Morgan fingerprint density at radius 3 is 2.58 bits per heavy atom. The summed E-state index contributed by atoms with van der Waals surface area (Å²) < 4.78 is 29.6. The zero-order valence-electron chi connectivity index (χ0n) is 23.0. The Balaban J connectivity index is 1.23. The van der Waals surface area contributed by atoms with Gasteiger partial charge in [0.1, 0.15) is 22.8 Å². The van der Waals surface area contributed by atoms with Crippen molar-refractivity contribution in [1.29, 1.82) is 0 Å². The summed E-state index contributed by atoms with van der Waals surface area (Å²) in [5, 5.41) is 8.96. The van der Waals surface area contributed by atoms with E-state index in [-0.39, 0.29) is 40.6 Å². The van der Waals surface area contributed by atoms with Gasteiger partial charge in [-0.2, -0.15) is 0 Å². The van der Waals surface area contributed by atoms with Gasteiger partial charge in [-0.25, -0.2) is 23.7 Å². The number of fused-ring (bicyclic) bond motifs is 3. The monoisotopic (exact) mass is 601 g/mol. The molecule has 1 saturated heterocycles. The molecule has 43 heavy (non-hydrogen) atoms. The van der Waals surface area contributed by atoms with E-state index in [0.717, 1.165) is 5.56 Å². The van der Waals surface area contributed by atoms with Crippen molar-refractivity contribution in [2.45, 2.75) is 12.5 Å². The number of allylic oxidation sites excluding steroid dienone is 5. The van der Waals surface area contributed by atoms with Crippen LogP contribution in [-0.4, -0.2) is 64.6 Å². The molecule has 12 heteroatoms. The van der Waals surface area contributed by atoms with Gasteiger partial charge in [0.25, 0.3) is 5.91 Å². The molecule has 9 nitrogen and oxygen atoms in total. The first-order valence-corrected chi connectivity index (χ1v) is 14.0. The number of amides is 2. The lowest BCUT2D eigenvalue weighted by Gasteiger charge is -2.32. The van der Waals surface area contributed by atoms with E-state index in [0.29, 0.717) is 47.6 Å². The number of aromatic nitrogens is 2. The van der Waals surface area contributed by atoms with Crippen LogP contribution in [-0.2, 0) is 11.2 Å². The zero-order chi connectivity index (χ0) is 30.1. The van der Waals surface area contributed by atoms with Crippen LogP contribution in [0.2, 0.25) is 0 Å². The highest BCUT2D eigenvalue weighted by Crippen LogP contribution is 2.41. The Morgan fingerprint density at radius 2 is 1.84 bits per heavy atom. The minimum atomic E-state index is -0.709. The molecule has 0 radical (unpaired) electrons. The molecule has 1 unspecified atom stereocenters. The minimum absolute atomic E-state index is 0.0778. The molecular weight excluding hydrogens is 576 g/mol. The second-order valence-corrected chi connectivity index (χ2v) is 10.5. The Labute approximate surface area is 251 Å². The van der Waals surface area contributed by atoms with E-state index in [4.69, 9.17) is 16.6 Å². The molecule has 2 amide bonds. The van der Waals surface area contributed by atoms with Gasteiger partial charge in [0.15, 0.2) is 0 Å². The SMILES string of the molecule is CNC(=O)C1CN(C(=O)c2ccc(Nc3ncc4c(n3)C3=CN=C(Cl)C=C(c5c(F)cccc5F)C3=CC4)cc2)CCN1. The van der Waals surface area contributed by atoms with E-state index in [1.54, 1.807) is 42.4 Å². The number of benzene rings is 2. The highest BCUT2D eigenvalue weighted by Gasteiger charge is 2.29. The van der Waals surface area contributed by atoms with Crippen molar-refractivity contribution in [2.24, 2.45) is 4.99 Å². The number of hydrogen-bond donors (Lipinski definition) is 3. The van der Waals surface area contributed by atoms with E-state index < -0.39 is 17.7 Å². The predicted molar refractivity (Wildman–Crippen MR) is 161 cm³/mol. The molecule has 1 atom stereocenters. The van der Waals surface area contributed by atoms with Crippen LogP contribution in [0.1, 0.15) is 27.2 Å². The molecular formula is C31H26ClF2N7O2. The molecule has 3 aromatic rings. The minimum Gasteiger partial charge on any atom is -0.358 e. The number of nitrogens with one attached hydrogen (secondary N) is 3. The molecule has 3 aliphatic rings. The van der Waals surface area contributed by atoms with Crippen molar-refractivity contribution in [2.75, 3.05) is 32.0 Å². The molecule has 1 fully saturated rings. The average Bonchev–Trinajstić information content (AvgIpc) is 3.19. The van der Waals surface area contributed by atoms with Gasteiger partial charge in [0.2, 0.25) is 11.9 Å². The second-order valence-electron chi connectivity index (χ2n) is 10.1. The molecule has 3 N–H and O–H groups in total. The van der Waals surface area contributed by atoms with Crippen LogP contribution in [0, 0.1) is 11.6 Å². The quantitative estimate of drug-likeness (QED) is 0.404. The first-order valence-electron chi connectivity index (χ1n) is 13.6. The third-order valence-electron chi connectivity index (χ3n) is 7.45. The average molecular weight is 602 g/mol. The Kier molecular flexibility index (Phi) is 7.83. The summed E-state index contributed by atoms with van der Waals surface area (Å²) in [7, 11) is 1.57. The Morgan fingerprint density at radius 1 is 1.07 bits per heavy atom. The molecule has 1 aliphatic carbocycles. The van der Waals surface area contributed by atoms with Crippen LogP contribution in [0.5, 0.6) is 0 Å². The van der Waals surface area contributed by atoms with Gasteiger partial charge in [-0.05, 0) is 60.0 Å². The number of carbonyl (C=O) groups is 2. The number of rotatable bonds is 5. The first kappa shape index (κ1) is 28.4. The lowest BCUT2D eigenvalue weighted by atomic mass is 9.84. The van der Waals surface area contributed by atoms with Gasteiger partial charge in [0, 0.05) is 61.5 Å². The normalized spacial score (nSPS) is 17.8. The third kappa shape index (κ3) is 5.69. The summed E-state index contributed by atoms with van der Waals surface area (Å²) in [5.74, 6) is -1.46. The molecule has 2 aliphatic heterocycles. The number of likely N-dealkylation sites (N-methyl/N-ethyl adjacent to an activating group) is 1. The van der Waals surface area contributed by atoms with Crippen molar-refractivity contribution < 1.29 is 18.4 Å². The standard InChI is InChI=1S/C31H26ClF2N7O2/c1-35-29(42)25-16-41(12-11-36-25)30(43)17-5-8-19(9-6-17)39-31-38-14-18-7-10-20-21(27-23(33)3-2-4-24(27)34)13-26(32)37-15-22(20)28(18)40-31/h2-6,8-10,13-15,25,36H,7,11-12,16H2,1H3,(H,35,42)(H,38,39,40). The summed E-state index contributed by atoms with van der Waals surface area (Å²) in [5.41, 5.74) is 3.72. The fourth-order valence-corrected chi connectivity index (χ4v) is 5.46. The molecule has 2 aromatic carbocycles. The maximum atomic E-state index is 14.8. The Hall–Kier alpha value is -4.74. The molecule has 1 aromatic heterocycles. The Bertz CT molecular complexity index is 1730. The molecule has 6 rings (SSSR count). The summed E-state index contributed by atoms with van der Waals surface area (Å²) in [4.78, 5) is 40.2. The van der Waals surface area contributed by atoms with Crippen molar-refractivity contribution in [3.8, 4) is 0 Å². The highest BCUT2D eigenvalue weighted by atomic mass is 35.5.